The van der Waals surface area contributed by atoms with Crippen LogP contribution in [0.4, 0.5) is 0 Å². The molecule has 0 bridgehead atoms. The molecule has 0 radical (unpaired) electrons. The molecule has 3 rings (SSSR count). The summed E-state index contributed by atoms with van der Waals surface area (Å²) in [6.07, 6.45) is 6.37. The number of piperidine rings is 3. The predicted molar refractivity (Wildman–Crippen MR) is 85.7 cm³/mol. The zero-order valence-corrected chi connectivity index (χ0v) is 16.8. The van der Waals surface area contributed by atoms with Crippen LogP contribution in [0.3, 0.4) is 0 Å². The number of nitrogens with zero attached hydrogens (tertiary/aromatic N) is 3. The molecule has 3 heterocycles. The van der Waals surface area contributed by atoms with Crippen LogP contribution in [0.2, 0.25) is 0 Å². The number of rotatable bonds is 6. The van der Waals surface area contributed by atoms with Crippen molar-refractivity contribution < 1.29 is 25.3 Å². The van der Waals surface area contributed by atoms with Crippen LogP contribution in [-0.2, 0) is 25.3 Å². The van der Waals surface area contributed by atoms with E-state index >= 15 is 0 Å². The molecule has 0 atom stereocenters. The van der Waals surface area contributed by atoms with Gasteiger partial charge in [0.2, 0.25) is 0 Å². The molecule has 3 fully saturated rings. The van der Waals surface area contributed by atoms with Crippen LogP contribution < -0.4 is 0 Å². The molecule has 0 aromatic rings. The second-order valence-corrected chi connectivity index (χ2v) is 9.00. The molecule has 0 N–H and O–H groups in total. The quantitative estimate of drug-likeness (QED) is 0.600. The molecular weight excluding hydrogens is 388 g/mol. The number of carbonyl (C=O) groups is 3. The van der Waals surface area contributed by atoms with Crippen molar-refractivity contribution in [1.82, 2.24) is 15.2 Å². The van der Waals surface area contributed by atoms with Gasteiger partial charge < -0.3 is 0 Å². The third-order valence-corrected chi connectivity index (χ3v) is 7.17. The fourth-order valence-electron chi connectivity index (χ4n) is 3.05. The molecule has 0 saturated carbocycles. The van der Waals surface area contributed by atoms with Crippen LogP contribution in [0.1, 0.15) is 57.8 Å². The van der Waals surface area contributed by atoms with Gasteiger partial charge in [0, 0.05) is 0 Å². The SMILES string of the molecule is O=C1CCCCN1[O][Ga]([O]N1CCCCC1=O)[O]N1CCCCC1=O. The molecule has 0 unspecified atom stereocenters. The normalized spacial score (nSPS) is 22.6. The van der Waals surface area contributed by atoms with Gasteiger partial charge in [0.25, 0.3) is 0 Å². The zero-order chi connectivity index (χ0) is 17.6. The number of hydrogen-bond acceptors (Lipinski definition) is 6. The van der Waals surface area contributed by atoms with Crippen LogP contribution in [0.25, 0.3) is 0 Å². The van der Waals surface area contributed by atoms with E-state index in [2.05, 4.69) is 0 Å². The summed E-state index contributed by atoms with van der Waals surface area (Å²) in [6.45, 7) is 1.44. The van der Waals surface area contributed by atoms with Gasteiger partial charge in [0.05, 0.1) is 0 Å². The Balaban J connectivity index is 1.64. The van der Waals surface area contributed by atoms with Gasteiger partial charge in [-0.2, -0.15) is 0 Å². The Hall–Kier alpha value is -1.07. The van der Waals surface area contributed by atoms with Crippen molar-refractivity contribution >= 4 is 35.0 Å². The van der Waals surface area contributed by atoms with Crippen molar-refractivity contribution in [1.29, 1.82) is 0 Å². The van der Waals surface area contributed by atoms with Gasteiger partial charge in [0.15, 0.2) is 0 Å². The summed E-state index contributed by atoms with van der Waals surface area (Å²) in [4.78, 5) is 36.0. The van der Waals surface area contributed by atoms with E-state index in [0.29, 0.717) is 38.9 Å². The van der Waals surface area contributed by atoms with Gasteiger partial charge in [0.1, 0.15) is 0 Å². The monoisotopic (exact) mass is 411 g/mol. The van der Waals surface area contributed by atoms with Gasteiger partial charge in [-0.3, -0.25) is 0 Å². The van der Waals surface area contributed by atoms with Crippen LogP contribution >= 0.6 is 0 Å². The predicted octanol–water partition coefficient (Wildman–Crippen LogP) is 0.804. The summed E-state index contributed by atoms with van der Waals surface area (Å²) in [6, 6.07) is 0. The number of carbonyl (C=O) groups excluding carboxylic acids is 3. The molecule has 138 valence electrons. The van der Waals surface area contributed by atoms with E-state index in [1.54, 1.807) is 0 Å². The Labute approximate surface area is 153 Å². The first-order valence-corrected chi connectivity index (χ1v) is 12.0. The fraction of sp³-hybridized carbons (Fsp3) is 0.800. The average Bonchev–Trinajstić information content (AvgIpc) is 2.61. The topological polar surface area (TPSA) is 88.6 Å². The molecule has 0 aromatic heterocycles. The molecule has 3 saturated heterocycles. The van der Waals surface area contributed by atoms with Crippen LogP contribution in [0.5, 0.6) is 0 Å². The van der Waals surface area contributed by atoms with Gasteiger partial charge >= 0.3 is 153 Å². The van der Waals surface area contributed by atoms with E-state index in [1.807, 2.05) is 0 Å². The molecule has 25 heavy (non-hydrogen) atoms. The Morgan fingerprint density at radius 2 is 0.880 bits per heavy atom. The third-order valence-electron chi connectivity index (χ3n) is 4.48. The van der Waals surface area contributed by atoms with E-state index in [9.17, 15) is 14.4 Å². The third kappa shape index (κ3) is 5.20. The van der Waals surface area contributed by atoms with Gasteiger partial charge in [-0.1, -0.05) is 0 Å². The Morgan fingerprint density at radius 3 is 1.16 bits per heavy atom. The maximum atomic E-state index is 12.0. The van der Waals surface area contributed by atoms with E-state index in [4.69, 9.17) is 10.9 Å². The molecule has 9 nitrogen and oxygen atoms in total. The average molecular weight is 412 g/mol. The first-order chi connectivity index (χ1) is 12.1. The van der Waals surface area contributed by atoms with Crippen molar-refractivity contribution in [3.05, 3.63) is 0 Å². The van der Waals surface area contributed by atoms with Gasteiger partial charge in [-0.05, 0) is 0 Å². The number of hydroxylamine groups is 6. The first-order valence-electron chi connectivity index (χ1n) is 9.05. The summed E-state index contributed by atoms with van der Waals surface area (Å²) in [5, 5.41) is 3.87. The fourth-order valence-corrected chi connectivity index (χ4v) is 6.00. The van der Waals surface area contributed by atoms with E-state index in [1.165, 1.54) is 15.2 Å². The summed E-state index contributed by atoms with van der Waals surface area (Å²) in [5.41, 5.74) is 0. The van der Waals surface area contributed by atoms with Crippen molar-refractivity contribution in [2.24, 2.45) is 0 Å². The second kappa shape index (κ2) is 9.04. The summed E-state index contributed by atoms with van der Waals surface area (Å²) in [7, 11) is 0. The molecule has 0 aliphatic carbocycles. The van der Waals surface area contributed by atoms with Crippen molar-refractivity contribution in [3.8, 4) is 0 Å². The Morgan fingerprint density at radius 1 is 0.560 bits per heavy atom. The first kappa shape index (κ1) is 18.7. The number of amides is 3. The zero-order valence-electron chi connectivity index (χ0n) is 14.4. The molecule has 3 aliphatic heterocycles. The maximum absolute atomic E-state index is 12.0. The van der Waals surface area contributed by atoms with Crippen LogP contribution in [0.15, 0.2) is 0 Å². The van der Waals surface area contributed by atoms with Crippen LogP contribution in [0, 0.1) is 0 Å². The minimum atomic E-state index is -3.52. The molecule has 3 amide bonds. The Kier molecular flexibility index (Phi) is 6.76. The van der Waals surface area contributed by atoms with Crippen LogP contribution in [-0.4, -0.2) is 69.9 Å². The summed E-state index contributed by atoms with van der Waals surface area (Å²) < 4.78 is 17.2. The minimum absolute atomic E-state index is 0.107. The molecular formula is C15H24GaN3O6. The van der Waals surface area contributed by atoms with Crippen molar-refractivity contribution in [2.45, 2.75) is 57.8 Å². The van der Waals surface area contributed by atoms with Gasteiger partial charge in [-0.15, -0.1) is 0 Å². The van der Waals surface area contributed by atoms with Gasteiger partial charge in [-0.25, -0.2) is 0 Å². The summed E-state index contributed by atoms with van der Waals surface area (Å²) >= 11 is -3.52. The molecule has 3 aliphatic rings. The second-order valence-electron chi connectivity index (χ2n) is 6.46. The molecule has 10 heteroatoms. The number of hydrogen-bond donors (Lipinski definition) is 0. The van der Waals surface area contributed by atoms with E-state index in [0.717, 1.165) is 38.5 Å². The Bertz CT molecular complexity index is 448. The van der Waals surface area contributed by atoms with Crippen molar-refractivity contribution in [3.63, 3.8) is 0 Å². The molecule has 0 spiro atoms. The molecule has 0 aromatic carbocycles. The van der Waals surface area contributed by atoms with E-state index < -0.39 is 17.3 Å². The standard InChI is InChI=1S/3C5H8NO2.Ga/c3*7-5-3-1-2-4-6(5)8;/h3*1-4H2;/q3*-1;+3. The van der Waals surface area contributed by atoms with E-state index in [-0.39, 0.29) is 17.7 Å². The summed E-state index contributed by atoms with van der Waals surface area (Å²) in [5.74, 6) is -0.322. The van der Waals surface area contributed by atoms with Crippen molar-refractivity contribution in [2.75, 3.05) is 19.6 Å².